The van der Waals surface area contributed by atoms with Crippen molar-refractivity contribution in [3.05, 3.63) is 35.1 Å². The van der Waals surface area contributed by atoms with Crippen LogP contribution < -0.4 is 11.1 Å². The van der Waals surface area contributed by atoms with Crippen molar-refractivity contribution in [3.8, 4) is 0 Å². The summed E-state index contributed by atoms with van der Waals surface area (Å²) in [5, 5.41) is 1.94. The van der Waals surface area contributed by atoms with Gasteiger partial charge in [-0.05, 0) is 33.8 Å². The van der Waals surface area contributed by atoms with E-state index in [-0.39, 0.29) is 5.56 Å². The number of alkyl halides is 2. The van der Waals surface area contributed by atoms with Gasteiger partial charge < -0.3 is 15.8 Å². The Balaban J connectivity index is 2.87. The van der Waals surface area contributed by atoms with Crippen LogP contribution >= 0.6 is 0 Å². The Morgan fingerprint density at radius 1 is 1.36 bits per heavy atom. The van der Waals surface area contributed by atoms with Gasteiger partial charge in [0.05, 0.1) is 12.1 Å². The van der Waals surface area contributed by atoms with Crippen molar-refractivity contribution in [1.82, 2.24) is 5.32 Å². The average molecular weight is 318 g/mol. The van der Waals surface area contributed by atoms with Crippen molar-refractivity contribution in [2.24, 2.45) is 5.73 Å². The van der Waals surface area contributed by atoms with E-state index >= 15 is 0 Å². The lowest BCUT2D eigenvalue weighted by Gasteiger charge is -2.23. The minimum Gasteiger partial charge on any atom is -0.444 e. The van der Waals surface area contributed by atoms with Crippen molar-refractivity contribution < 1.29 is 22.7 Å². The van der Waals surface area contributed by atoms with E-state index in [9.17, 15) is 18.0 Å². The highest BCUT2D eigenvalue weighted by Crippen LogP contribution is 2.32. The van der Waals surface area contributed by atoms with E-state index in [0.29, 0.717) is 0 Å². The SMILES string of the molecule is CC(N)c1cccc(C(F)(F)CNC(=O)OC(C)(C)C)c1F. The lowest BCUT2D eigenvalue weighted by Crippen LogP contribution is -2.39. The summed E-state index contributed by atoms with van der Waals surface area (Å²) in [5.74, 6) is -4.64. The normalized spacial score (nSPS) is 13.6. The van der Waals surface area contributed by atoms with Crippen LogP contribution in [0.2, 0.25) is 0 Å². The van der Waals surface area contributed by atoms with E-state index < -0.39 is 41.6 Å². The van der Waals surface area contributed by atoms with Crippen molar-refractivity contribution in [3.63, 3.8) is 0 Å². The van der Waals surface area contributed by atoms with Gasteiger partial charge >= 0.3 is 6.09 Å². The molecule has 7 heteroatoms. The van der Waals surface area contributed by atoms with E-state index in [0.717, 1.165) is 6.07 Å². The fourth-order valence-corrected chi connectivity index (χ4v) is 1.78. The number of carbonyl (C=O) groups is 1. The van der Waals surface area contributed by atoms with Gasteiger partial charge in [-0.2, -0.15) is 8.78 Å². The number of benzene rings is 1. The molecule has 1 unspecified atom stereocenters. The molecule has 0 aliphatic heterocycles. The number of nitrogens with two attached hydrogens (primary N) is 1. The predicted octanol–water partition coefficient (Wildman–Crippen LogP) is 3.46. The first-order valence-corrected chi connectivity index (χ1v) is 6.83. The minimum atomic E-state index is -3.58. The summed E-state index contributed by atoms with van der Waals surface area (Å²) in [6.07, 6.45) is -0.990. The first-order valence-electron chi connectivity index (χ1n) is 6.83. The van der Waals surface area contributed by atoms with Crippen LogP contribution in [0.3, 0.4) is 0 Å². The Labute approximate surface area is 127 Å². The van der Waals surface area contributed by atoms with Gasteiger partial charge in [-0.1, -0.05) is 12.1 Å². The third-order valence-electron chi connectivity index (χ3n) is 2.77. The van der Waals surface area contributed by atoms with Gasteiger partial charge in [-0.3, -0.25) is 0 Å². The lowest BCUT2D eigenvalue weighted by molar-refractivity contribution is -0.0122. The van der Waals surface area contributed by atoms with Gasteiger partial charge in [-0.25, -0.2) is 9.18 Å². The molecular formula is C15H21F3N2O2. The Morgan fingerprint density at radius 2 is 1.95 bits per heavy atom. The van der Waals surface area contributed by atoms with Crippen LogP contribution in [0.4, 0.5) is 18.0 Å². The maximum absolute atomic E-state index is 14.1. The number of ether oxygens (including phenoxy) is 1. The van der Waals surface area contributed by atoms with Crippen LogP contribution in [0.5, 0.6) is 0 Å². The Hall–Kier alpha value is -1.76. The third-order valence-corrected chi connectivity index (χ3v) is 2.77. The highest BCUT2D eigenvalue weighted by Gasteiger charge is 2.36. The number of halogens is 3. The smallest absolute Gasteiger partial charge is 0.407 e. The number of amides is 1. The molecule has 3 N–H and O–H groups in total. The molecule has 1 rings (SSSR count). The van der Waals surface area contributed by atoms with Gasteiger partial charge in [0.2, 0.25) is 0 Å². The summed E-state index contributed by atoms with van der Waals surface area (Å²) in [6, 6.07) is 2.91. The van der Waals surface area contributed by atoms with Crippen molar-refractivity contribution in [2.75, 3.05) is 6.54 Å². The molecule has 0 spiro atoms. The molecule has 0 aliphatic carbocycles. The van der Waals surface area contributed by atoms with E-state index in [1.165, 1.54) is 19.1 Å². The summed E-state index contributed by atoms with van der Waals surface area (Å²) in [7, 11) is 0. The fraction of sp³-hybridized carbons (Fsp3) is 0.533. The molecule has 124 valence electrons. The molecule has 1 aromatic rings. The molecule has 0 aromatic heterocycles. The number of rotatable bonds is 4. The van der Waals surface area contributed by atoms with E-state index in [2.05, 4.69) is 0 Å². The summed E-state index contributed by atoms with van der Waals surface area (Å²) >= 11 is 0. The first-order chi connectivity index (χ1) is 9.94. The van der Waals surface area contributed by atoms with Crippen LogP contribution in [0, 0.1) is 5.82 Å². The molecule has 1 atom stereocenters. The number of hydrogen-bond donors (Lipinski definition) is 2. The molecular weight excluding hydrogens is 297 g/mol. The zero-order valence-corrected chi connectivity index (χ0v) is 13.0. The van der Waals surface area contributed by atoms with Crippen LogP contribution in [0.15, 0.2) is 18.2 Å². The summed E-state index contributed by atoms with van der Waals surface area (Å²) in [6.45, 7) is 5.25. The second kappa shape index (κ2) is 6.56. The van der Waals surface area contributed by atoms with Crippen molar-refractivity contribution >= 4 is 6.09 Å². The molecule has 0 aliphatic rings. The number of alkyl carbamates (subject to hydrolysis) is 1. The van der Waals surface area contributed by atoms with E-state index in [1.807, 2.05) is 5.32 Å². The largest absolute Gasteiger partial charge is 0.444 e. The Bertz CT molecular complexity index is 540. The Kier molecular flexibility index (Phi) is 5.45. The van der Waals surface area contributed by atoms with Crippen molar-refractivity contribution in [2.45, 2.75) is 45.3 Å². The molecule has 22 heavy (non-hydrogen) atoms. The monoisotopic (exact) mass is 318 g/mol. The number of carbonyl (C=O) groups excluding carboxylic acids is 1. The topological polar surface area (TPSA) is 64.3 Å². The zero-order valence-electron chi connectivity index (χ0n) is 13.0. The summed E-state index contributed by atoms with van der Waals surface area (Å²) < 4.78 is 47.2. The highest BCUT2D eigenvalue weighted by atomic mass is 19.3. The van der Waals surface area contributed by atoms with Gasteiger partial charge in [0.25, 0.3) is 5.92 Å². The van der Waals surface area contributed by atoms with Crippen LogP contribution in [0.25, 0.3) is 0 Å². The minimum absolute atomic E-state index is 0.00515. The number of hydrogen-bond acceptors (Lipinski definition) is 3. The molecule has 0 fully saturated rings. The zero-order chi connectivity index (χ0) is 17.1. The molecule has 4 nitrogen and oxygen atoms in total. The molecule has 1 aromatic carbocycles. The van der Waals surface area contributed by atoms with E-state index in [4.69, 9.17) is 10.5 Å². The molecule has 0 bridgehead atoms. The molecule has 0 saturated heterocycles. The van der Waals surface area contributed by atoms with Gasteiger partial charge in [0.15, 0.2) is 0 Å². The maximum Gasteiger partial charge on any atom is 0.407 e. The molecule has 0 saturated carbocycles. The maximum atomic E-state index is 14.1. The van der Waals surface area contributed by atoms with Crippen molar-refractivity contribution in [1.29, 1.82) is 0 Å². The first kappa shape index (κ1) is 18.3. The summed E-state index contributed by atoms with van der Waals surface area (Å²) in [4.78, 5) is 11.4. The average Bonchev–Trinajstić information content (AvgIpc) is 2.34. The fourth-order valence-electron chi connectivity index (χ4n) is 1.78. The number of nitrogens with one attached hydrogen (secondary N) is 1. The highest BCUT2D eigenvalue weighted by molar-refractivity contribution is 5.67. The van der Waals surface area contributed by atoms with Crippen LogP contribution in [-0.4, -0.2) is 18.2 Å². The Morgan fingerprint density at radius 3 is 2.45 bits per heavy atom. The molecule has 1 amide bonds. The second-order valence-electron chi connectivity index (χ2n) is 6.06. The molecule has 0 radical (unpaired) electrons. The summed E-state index contributed by atoms with van der Waals surface area (Å²) in [5.41, 5.74) is 3.93. The standard InChI is InChI=1S/C15H21F3N2O2/c1-9(19)10-6-5-7-11(12(10)16)15(17,18)8-20-13(21)22-14(2,3)4/h5-7,9H,8,19H2,1-4H3,(H,20,21). The van der Waals surface area contributed by atoms with Gasteiger partial charge in [-0.15, -0.1) is 0 Å². The van der Waals surface area contributed by atoms with Gasteiger partial charge in [0.1, 0.15) is 11.4 Å². The van der Waals surface area contributed by atoms with Crippen LogP contribution in [-0.2, 0) is 10.7 Å². The van der Waals surface area contributed by atoms with Gasteiger partial charge in [0, 0.05) is 11.6 Å². The van der Waals surface area contributed by atoms with E-state index in [1.54, 1.807) is 20.8 Å². The molecule has 0 heterocycles. The third kappa shape index (κ3) is 4.91. The predicted molar refractivity (Wildman–Crippen MR) is 77.1 cm³/mol. The lowest BCUT2D eigenvalue weighted by atomic mass is 10.0. The second-order valence-corrected chi connectivity index (χ2v) is 6.06. The van der Waals surface area contributed by atoms with Crippen LogP contribution in [0.1, 0.15) is 44.9 Å². The quantitative estimate of drug-likeness (QED) is 0.893.